The molecule has 4 rings (SSSR count). The minimum atomic E-state index is -0.865. The number of aryl methyl sites for hydroxylation is 1. The maximum Gasteiger partial charge on any atom is 0.269 e. The van der Waals surface area contributed by atoms with E-state index in [1.165, 1.54) is 31.2 Å². The zero-order valence-corrected chi connectivity index (χ0v) is 21.5. The molecule has 0 aliphatic carbocycles. The van der Waals surface area contributed by atoms with Crippen molar-refractivity contribution in [2.45, 2.75) is 33.3 Å². The summed E-state index contributed by atoms with van der Waals surface area (Å²) in [5, 5.41) is 25.9. The number of non-ortho nitro benzene ring substituents is 1. The fourth-order valence-electron chi connectivity index (χ4n) is 3.80. The normalized spacial score (nSPS) is 14.3. The van der Waals surface area contributed by atoms with Gasteiger partial charge in [0.2, 0.25) is 23.9 Å². The summed E-state index contributed by atoms with van der Waals surface area (Å²) >= 11 is 0. The van der Waals surface area contributed by atoms with Gasteiger partial charge < -0.3 is 18.9 Å². The molecule has 1 atom stereocenters. The zero-order valence-electron chi connectivity index (χ0n) is 21.5. The minimum absolute atomic E-state index is 0.0141. The summed E-state index contributed by atoms with van der Waals surface area (Å²) in [5.41, 5.74) is 2.96. The van der Waals surface area contributed by atoms with Crippen molar-refractivity contribution >= 4 is 17.5 Å². The van der Waals surface area contributed by atoms with Crippen LogP contribution in [0.3, 0.4) is 0 Å². The van der Waals surface area contributed by atoms with E-state index in [9.17, 15) is 20.2 Å². The summed E-state index contributed by atoms with van der Waals surface area (Å²) in [4.78, 5) is 26.9. The number of ether oxygens (including phenoxy) is 4. The highest BCUT2D eigenvalue weighted by molar-refractivity contribution is 5.96. The number of methoxy groups -OCH3 is 1. The van der Waals surface area contributed by atoms with Crippen LogP contribution in [0.25, 0.3) is 0 Å². The third-order valence-corrected chi connectivity index (χ3v) is 5.67. The number of nitro groups is 1. The van der Waals surface area contributed by atoms with Crippen molar-refractivity contribution in [3.8, 4) is 17.7 Å². The molecule has 2 aromatic carbocycles. The quantitative estimate of drug-likeness (QED) is 0.281. The Kier molecular flexibility index (Phi) is 8.33. The Bertz CT molecular complexity index is 1430. The first-order valence-electron chi connectivity index (χ1n) is 11.8. The van der Waals surface area contributed by atoms with Crippen LogP contribution in [0.15, 0.2) is 59.7 Å². The molecule has 1 aromatic heterocycles. The summed E-state index contributed by atoms with van der Waals surface area (Å²) in [6.45, 7) is 3.49. The van der Waals surface area contributed by atoms with Crippen LogP contribution in [0.5, 0.6) is 11.6 Å². The lowest BCUT2D eigenvalue weighted by atomic mass is 10.1. The number of pyridine rings is 1. The highest BCUT2D eigenvalue weighted by Crippen LogP contribution is 2.25. The monoisotopic (exact) mass is 531 g/mol. The van der Waals surface area contributed by atoms with Gasteiger partial charge in [0.25, 0.3) is 5.69 Å². The van der Waals surface area contributed by atoms with Crippen LogP contribution >= 0.6 is 0 Å². The Morgan fingerprint density at radius 3 is 2.49 bits per heavy atom. The van der Waals surface area contributed by atoms with E-state index in [1.807, 2.05) is 0 Å². The lowest BCUT2D eigenvalue weighted by molar-refractivity contribution is -0.384. The summed E-state index contributed by atoms with van der Waals surface area (Å²) < 4.78 is 22.7. The van der Waals surface area contributed by atoms with E-state index in [1.54, 1.807) is 49.4 Å². The summed E-state index contributed by atoms with van der Waals surface area (Å²) in [5.74, 6) is 0.568. The number of nitro benzene ring substituents is 1. The first-order valence-corrected chi connectivity index (χ1v) is 11.8. The number of benzene rings is 2. The van der Waals surface area contributed by atoms with Crippen molar-refractivity contribution in [2.24, 2.45) is 5.10 Å². The lowest BCUT2D eigenvalue weighted by Crippen LogP contribution is -2.37. The number of hydrazone groups is 1. The van der Waals surface area contributed by atoms with Gasteiger partial charge in [-0.15, -0.1) is 5.10 Å². The van der Waals surface area contributed by atoms with Crippen molar-refractivity contribution in [1.82, 2.24) is 9.99 Å². The zero-order chi connectivity index (χ0) is 27.9. The molecule has 0 fully saturated rings. The summed E-state index contributed by atoms with van der Waals surface area (Å²) in [6.07, 6.45) is -0.865. The van der Waals surface area contributed by atoms with Crippen LogP contribution in [-0.4, -0.2) is 46.7 Å². The Balaban J connectivity index is 1.41. The third kappa shape index (κ3) is 6.46. The summed E-state index contributed by atoms with van der Waals surface area (Å²) in [7, 11) is 1.53. The average Bonchev–Trinajstić information content (AvgIpc) is 3.36. The van der Waals surface area contributed by atoms with Crippen molar-refractivity contribution in [1.29, 1.82) is 5.26 Å². The predicted molar refractivity (Wildman–Crippen MR) is 138 cm³/mol. The van der Waals surface area contributed by atoms with Crippen molar-refractivity contribution in [3.05, 3.63) is 92.7 Å². The minimum Gasteiger partial charge on any atom is -0.489 e. The molecule has 200 valence electrons. The van der Waals surface area contributed by atoms with Crippen molar-refractivity contribution < 1.29 is 28.7 Å². The molecule has 0 saturated carbocycles. The Morgan fingerprint density at radius 2 is 1.87 bits per heavy atom. The van der Waals surface area contributed by atoms with Crippen LogP contribution in [0, 0.1) is 28.4 Å². The number of nitrogens with zero attached hydrogens (tertiary/aromatic N) is 5. The molecule has 2 heterocycles. The lowest BCUT2D eigenvalue weighted by Gasteiger charge is -2.20. The summed E-state index contributed by atoms with van der Waals surface area (Å²) in [6, 6.07) is 16.9. The van der Waals surface area contributed by atoms with Gasteiger partial charge in [0.05, 0.1) is 11.5 Å². The molecule has 0 N–H and O–H groups in total. The molecule has 1 unspecified atom stereocenters. The molecule has 12 nitrogen and oxygen atoms in total. The number of carbonyl (C=O) groups excluding carboxylic acids is 1. The first kappa shape index (κ1) is 27.0. The van der Waals surface area contributed by atoms with Gasteiger partial charge in [0.1, 0.15) is 30.6 Å². The topological polar surface area (TPSA) is 149 Å². The van der Waals surface area contributed by atoms with Gasteiger partial charge in [-0.1, -0.05) is 0 Å². The number of rotatable bonds is 10. The molecule has 0 spiro atoms. The van der Waals surface area contributed by atoms with Crippen LogP contribution in [0.1, 0.15) is 34.9 Å². The smallest absolute Gasteiger partial charge is 0.269 e. The van der Waals surface area contributed by atoms with E-state index in [4.69, 9.17) is 18.9 Å². The molecule has 39 heavy (non-hydrogen) atoms. The highest BCUT2D eigenvalue weighted by Gasteiger charge is 2.33. The SMILES string of the molecule is COCc1cc(C)nc(OCC2OC(c3ccc(OCc4ccc([N+](=O)[O-])cc4)cc3)=NN2C(C)=O)c1C#N. The van der Waals surface area contributed by atoms with E-state index in [0.29, 0.717) is 22.6 Å². The second-order valence-electron chi connectivity index (χ2n) is 8.54. The number of nitriles is 1. The molecular weight excluding hydrogens is 506 g/mol. The molecule has 1 amide bonds. The Labute approximate surface area is 224 Å². The predicted octanol–water partition coefficient (Wildman–Crippen LogP) is 3.84. The van der Waals surface area contributed by atoms with Crippen LogP contribution in [0.4, 0.5) is 5.69 Å². The largest absolute Gasteiger partial charge is 0.489 e. The van der Waals surface area contributed by atoms with Gasteiger partial charge in [-0.25, -0.2) is 4.98 Å². The molecule has 12 heteroatoms. The van der Waals surface area contributed by atoms with Gasteiger partial charge >= 0.3 is 0 Å². The maximum absolute atomic E-state index is 12.2. The van der Waals surface area contributed by atoms with Crippen molar-refractivity contribution in [2.75, 3.05) is 13.7 Å². The molecule has 0 bridgehead atoms. The van der Waals surface area contributed by atoms with E-state index in [-0.39, 0.29) is 48.8 Å². The van der Waals surface area contributed by atoms with Gasteiger partial charge in [-0.3, -0.25) is 14.9 Å². The fraction of sp³-hybridized carbons (Fsp3) is 0.259. The molecule has 0 radical (unpaired) electrons. The Morgan fingerprint density at radius 1 is 1.15 bits per heavy atom. The molecule has 1 aliphatic rings. The molecule has 1 aliphatic heterocycles. The first-order chi connectivity index (χ1) is 18.8. The van der Waals surface area contributed by atoms with Crippen LogP contribution < -0.4 is 9.47 Å². The molecule has 3 aromatic rings. The Hall–Kier alpha value is -5.02. The highest BCUT2D eigenvalue weighted by atomic mass is 16.6. The number of amides is 1. The standard InChI is InChI=1S/C27H25N5O7/c1-17-12-21(15-36-3)24(13-28)27(29-17)38-16-25-31(18(2)33)30-26(39-25)20-6-10-23(11-7-20)37-14-19-4-8-22(9-5-19)32(34)35/h4-12,25H,14-16H2,1-3H3. The van der Waals surface area contributed by atoms with Gasteiger partial charge in [0, 0.05) is 43.0 Å². The fourth-order valence-corrected chi connectivity index (χ4v) is 3.80. The van der Waals surface area contributed by atoms with Crippen LogP contribution in [0.2, 0.25) is 0 Å². The third-order valence-electron chi connectivity index (χ3n) is 5.67. The van der Waals surface area contributed by atoms with Gasteiger partial charge in [0.15, 0.2) is 0 Å². The van der Waals surface area contributed by atoms with Gasteiger partial charge in [-0.2, -0.15) is 10.3 Å². The second-order valence-corrected chi connectivity index (χ2v) is 8.54. The van der Waals surface area contributed by atoms with Gasteiger partial charge in [-0.05, 0) is 55.0 Å². The number of hydrogen-bond donors (Lipinski definition) is 0. The van der Waals surface area contributed by atoms with Crippen LogP contribution in [-0.2, 0) is 27.5 Å². The molecular formula is C27H25N5O7. The number of aromatic nitrogens is 1. The second kappa shape index (κ2) is 12.0. The van der Waals surface area contributed by atoms with E-state index in [2.05, 4.69) is 16.2 Å². The number of carbonyl (C=O) groups is 1. The molecule has 0 saturated heterocycles. The van der Waals surface area contributed by atoms with Crippen molar-refractivity contribution in [3.63, 3.8) is 0 Å². The average molecular weight is 532 g/mol. The number of hydrogen-bond acceptors (Lipinski definition) is 10. The van der Waals surface area contributed by atoms with E-state index in [0.717, 1.165) is 5.56 Å². The van der Waals surface area contributed by atoms with E-state index < -0.39 is 11.2 Å². The maximum atomic E-state index is 12.2. The van der Waals surface area contributed by atoms with E-state index >= 15 is 0 Å².